The summed E-state index contributed by atoms with van der Waals surface area (Å²) < 4.78 is 42.1. The molecule has 3 aromatic rings. The fourth-order valence-corrected chi connectivity index (χ4v) is 6.32. The Hall–Kier alpha value is -3.06. The van der Waals surface area contributed by atoms with E-state index in [-0.39, 0.29) is 29.0 Å². The molecule has 1 aromatic heterocycles. The lowest BCUT2D eigenvalue weighted by Gasteiger charge is -2.38. The zero-order chi connectivity index (χ0) is 26.8. The van der Waals surface area contributed by atoms with Gasteiger partial charge in [-0.25, -0.2) is 13.2 Å². The molecule has 1 unspecified atom stereocenters. The second-order valence-electron chi connectivity index (χ2n) is 11.1. The first-order valence-corrected chi connectivity index (χ1v) is 13.7. The van der Waals surface area contributed by atoms with Crippen LogP contribution in [-0.4, -0.2) is 53.4 Å². The number of aromatic amines is 1. The lowest BCUT2D eigenvalue weighted by atomic mass is 9.84. The molecule has 7 heteroatoms. The summed E-state index contributed by atoms with van der Waals surface area (Å²) in [7, 11) is 0. The smallest absolute Gasteiger partial charge is 0.246 e. The number of hydrogen-bond acceptors (Lipinski definition) is 2. The van der Waals surface area contributed by atoms with E-state index in [9.17, 15) is 18.0 Å². The number of rotatable bonds is 6. The average Bonchev–Trinajstić information content (AvgIpc) is 3.36. The number of benzene rings is 2. The Morgan fingerprint density at radius 2 is 1.74 bits per heavy atom. The molecule has 2 aliphatic rings. The molecule has 2 aromatic carbocycles. The van der Waals surface area contributed by atoms with Gasteiger partial charge in [0.1, 0.15) is 17.5 Å². The summed E-state index contributed by atoms with van der Waals surface area (Å²) in [5.74, 6) is 0.228. The molecule has 3 heterocycles. The number of amides is 1. The van der Waals surface area contributed by atoms with Crippen molar-refractivity contribution in [1.82, 2.24) is 14.8 Å². The van der Waals surface area contributed by atoms with Gasteiger partial charge >= 0.3 is 0 Å². The number of nitrogens with one attached hydrogen (secondary N) is 1. The molecular formula is C31H36F3N3O. The number of piperidine rings is 2. The van der Waals surface area contributed by atoms with Crippen molar-refractivity contribution >= 4 is 22.9 Å². The predicted molar refractivity (Wildman–Crippen MR) is 145 cm³/mol. The third-order valence-corrected chi connectivity index (χ3v) is 8.48. The van der Waals surface area contributed by atoms with Crippen LogP contribution in [0.2, 0.25) is 0 Å². The van der Waals surface area contributed by atoms with Gasteiger partial charge in [-0.2, -0.15) is 0 Å². The summed E-state index contributed by atoms with van der Waals surface area (Å²) >= 11 is 0. The van der Waals surface area contributed by atoms with Crippen molar-refractivity contribution in [3.8, 4) is 0 Å². The highest BCUT2D eigenvalue weighted by Gasteiger charge is 2.29. The van der Waals surface area contributed by atoms with E-state index in [0.717, 1.165) is 69.5 Å². The van der Waals surface area contributed by atoms with Gasteiger partial charge in [0.25, 0.3) is 0 Å². The van der Waals surface area contributed by atoms with E-state index in [4.69, 9.17) is 0 Å². The third-order valence-electron chi connectivity index (χ3n) is 8.48. The number of halogens is 3. The Morgan fingerprint density at radius 3 is 2.45 bits per heavy atom. The molecular weight excluding hydrogens is 487 g/mol. The molecule has 2 aliphatic heterocycles. The molecule has 0 saturated carbocycles. The van der Waals surface area contributed by atoms with E-state index in [1.54, 1.807) is 18.3 Å². The minimum absolute atomic E-state index is 0.0197. The van der Waals surface area contributed by atoms with Crippen LogP contribution in [0, 0.1) is 36.2 Å². The standard InChI is InChI=1S/C31H36F3N3O/c1-20-15-22(17-25(32)16-20)3-6-29(38)37-13-9-23(10-14-37)21(2)19-36-11-7-24(8-12-36)26-18-35-31-28(34)5-4-27(33)30(26)31/h3-6,15-18,21,23-24,35H,7-14,19H2,1-2H3/b6-3+. The second-order valence-corrected chi connectivity index (χ2v) is 11.1. The van der Waals surface area contributed by atoms with Gasteiger partial charge in [0.2, 0.25) is 5.91 Å². The Kier molecular flexibility index (Phi) is 7.93. The lowest BCUT2D eigenvalue weighted by Crippen LogP contribution is -2.42. The molecule has 0 spiro atoms. The number of H-pyrrole nitrogens is 1. The topological polar surface area (TPSA) is 39.3 Å². The number of carbonyl (C=O) groups is 1. The van der Waals surface area contributed by atoms with Crippen LogP contribution in [0.15, 0.2) is 42.6 Å². The van der Waals surface area contributed by atoms with Crippen molar-refractivity contribution in [3.63, 3.8) is 0 Å². The first kappa shape index (κ1) is 26.5. The van der Waals surface area contributed by atoms with E-state index in [2.05, 4.69) is 16.8 Å². The van der Waals surface area contributed by atoms with Crippen molar-refractivity contribution in [1.29, 1.82) is 0 Å². The zero-order valence-corrected chi connectivity index (χ0v) is 22.2. The first-order valence-electron chi connectivity index (χ1n) is 13.7. The van der Waals surface area contributed by atoms with Crippen LogP contribution in [0.3, 0.4) is 0 Å². The molecule has 4 nitrogen and oxygen atoms in total. The lowest BCUT2D eigenvalue weighted by molar-refractivity contribution is -0.127. The highest BCUT2D eigenvalue weighted by Crippen LogP contribution is 2.36. The minimum atomic E-state index is -0.413. The van der Waals surface area contributed by atoms with Crippen LogP contribution in [-0.2, 0) is 4.79 Å². The van der Waals surface area contributed by atoms with E-state index in [0.29, 0.717) is 22.8 Å². The Bertz CT molecular complexity index is 1300. The second kappa shape index (κ2) is 11.4. The first-order chi connectivity index (χ1) is 18.3. The van der Waals surface area contributed by atoms with E-state index in [1.807, 2.05) is 17.9 Å². The van der Waals surface area contributed by atoms with E-state index >= 15 is 0 Å². The van der Waals surface area contributed by atoms with Crippen molar-refractivity contribution in [3.05, 3.63) is 76.7 Å². The third kappa shape index (κ3) is 5.83. The predicted octanol–water partition coefficient (Wildman–Crippen LogP) is 6.66. The van der Waals surface area contributed by atoms with Gasteiger partial charge in [0.05, 0.1) is 5.52 Å². The monoisotopic (exact) mass is 523 g/mol. The zero-order valence-electron chi connectivity index (χ0n) is 22.2. The van der Waals surface area contributed by atoms with Gasteiger partial charge < -0.3 is 14.8 Å². The van der Waals surface area contributed by atoms with Crippen LogP contribution in [0.5, 0.6) is 0 Å². The largest absolute Gasteiger partial charge is 0.358 e. The van der Waals surface area contributed by atoms with Crippen LogP contribution >= 0.6 is 0 Å². The maximum absolute atomic E-state index is 14.5. The quantitative estimate of drug-likeness (QED) is 0.367. The summed E-state index contributed by atoms with van der Waals surface area (Å²) in [6.07, 6.45) is 8.85. The summed E-state index contributed by atoms with van der Waals surface area (Å²) in [4.78, 5) is 20.0. The van der Waals surface area contributed by atoms with Crippen molar-refractivity contribution in [2.45, 2.75) is 45.4 Å². The normalized spacial score (nSPS) is 19.0. The van der Waals surface area contributed by atoms with Gasteiger partial charge in [-0.05, 0) is 110 Å². The van der Waals surface area contributed by atoms with Crippen molar-refractivity contribution < 1.29 is 18.0 Å². The Labute approximate surface area is 222 Å². The molecule has 0 radical (unpaired) electrons. The summed E-state index contributed by atoms with van der Waals surface area (Å²) in [6, 6.07) is 7.16. The van der Waals surface area contributed by atoms with Gasteiger partial charge in [0.15, 0.2) is 0 Å². The number of fused-ring (bicyclic) bond motifs is 1. The molecule has 38 heavy (non-hydrogen) atoms. The maximum atomic E-state index is 14.5. The molecule has 202 valence electrons. The van der Waals surface area contributed by atoms with Crippen LogP contribution in [0.1, 0.15) is 55.2 Å². The highest BCUT2D eigenvalue weighted by atomic mass is 19.1. The van der Waals surface area contributed by atoms with Gasteiger partial charge in [-0.3, -0.25) is 4.79 Å². The Balaban J connectivity index is 1.09. The molecule has 1 amide bonds. The fourth-order valence-electron chi connectivity index (χ4n) is 6.32. The van der Waals surface area contributed by atoms with Gasteiger partial charge in [-0.15, -0.1) is 0 Å². The number of likely N-dealkylation sites (tertiary alicyclic amines) is 2. The fraction of sp³-hybridized carbons (Fsp3) is 0.452. The summed E-state index contributed by atoms with van der Waals surface area (Å²) in [6.45, 7) is 8.53. The van der Waals surface area contributed by atoms with Crippen LogP contribution in [0.4, 0.5) is 13.2 Å². The molecule has 1 atom stereocenters. The van der Waals surface area contributed by atoms with Gasteiger partial charge in [0, 0.05) is 37.3 Å². The number of aryl methyl sites for hydroxylation is 1. The van der Waals surface area contributed by atoms with Crippen LogP contribution < -0.4 is 0 Å². The number of hydrogen-bond donors (Lipinski definition) is 1. The maximum Gasteiger partial charge on any atom is 0.246 e. The molecule has 2 saturated heterocycles. The molecule has 0 aliphatic carbocycles. The number of nitrogens with zero attached hydrogens (tertiary/aromatic N) is 2. The number of carbonyl (C=O) groups excluding carboxylic acids is 1. The van der Waals surface area contributed by atoms with Crippen molar-refractivity contribution in [2.75, 3.05) is 32.7 Å². The van der Waals surface area contributed by atoms with Crippen LogP contribution in [0.25, 0.3) is 17.0 Å². The molecule has 5 rings (SSSR count). The molecule has 1 N–H and O–H groups in total. The van der Waals surface area contributed by atoms with E-state index < -0.39 is 5.82 Å². The highest BCUT2D eigenvalue weighted by molar-refractivity contribution is 5.91. The van der Waals surface area contributed by atoms with E-state index in [1.165, 1.54) is 24.3 Å². The number of aromatic nitrogens is 1. The molecule has 0 bridgehead atoms. The van der Waals surface area contributed by atoms with Gasteiger partial charge in [-0.1, -0.05) is 13.0 Å². The average molecular weight is 524 g/mol. The Morgan fingerprint density at radius 1 is 1.03 bits per heavy atom. The minimum Gasteiger partial charge on any atom is -0.358 e. The van der Waals surface area contributed by atoms with Crippen molar-refractivity contribution in [2.24, 2.45) is 11.8 Å². The summed E-state index contributed by atoms with van der Waals surface area (Å²) in [5.41, 5.74) is 2.69. The molecule has 2 fully saturated rings. The SMILES string of the molecule is Cc1cc(F)cc(/C=C/C(=O)N2CCC(C(C)CN3CCC(c4c[nH]c5c(F)ccc(F)c45)CC3)CC2)c1. The summed E-state index contributed by atoms with van der Waals surface area (Å²) in [5, 5.41) is 0.402.